The molecule has 7 heteroatoms. The minimum absolute atomic E-state index is 0.0303. The van der Waals surface area contributed by atoms with Crippen molar-refractivity contribution in [1.82, 2.24) is 25.0 Å². The molecule has 0 aliphatic carbocycles. The van der Waals surface area contributed by atoms with Gasteiger partial charge in [-0.15, -0.1) is 0 Å². The van der Waals surface area contributed by atoms with Gasteiger partial charge >= 0.3 is 0 Å². The third-order valence-electron chi connectivity index (χ3n) is 4.88. The molecule has 0 radical (unpaired) electrons. The molecule has 0 unspecified atom stereocenters. The highest BCUT2D eigenvalue weighted by Gasteiger charge is 2.37. The van der Waals surface area contributed by atoms with Crippen molar-refractivity contribution in [3.63, 3.8) is 0 Å². The van der Waals surface area contributed by atoms with Gasteiger partial charge in [-0.1, -0.05) is 6.07 Å². The third-order valence-corrected chi connectivity index (χ3v) is 4.88. The first-order valence-electron chi connectivity index (χ1n) is 8.42. The van der Waals surface area contributed by atoms with Crippen molar-refractivity contribution in [2.45, 2.75) is 13.0 Å². The fourth-order valence-electron chi connectivity index (χ4n) is 3.40. The van der Waals surface area contributed by atoms with Crippen molar-refractivity contribution >= 4 is 11.7 Å². The number of nitrogens with zero attached hydrogens (tertiary/aromatic N) is 5. The first kappa shape index (κ1) is 15.1. The van der Waals surface area contributed by atoms with E-state index >= 15 is 0 Å². The van der Waals surface area contributed by atoms with Crippen LogP contribution in [-0.2, 0) is 0 Å². The predicted octanol–water partition coefficient (Wildman–Crippen LogP) is 0.760. The number of rotatable bonds is 3. The molecule has 1 N–H and O–H groups in total. The van der Waals surface area contributed by atoms with Gasteiger partial charge in [-0.05, 0) is 25.1 Å². The van der Waals surface area contributed by atoms with E-state index in [2.05, 4.69) is 31.0 Å². The Morgan fingerprint density at radius 3 is 2.62 bits per heavy atom. The summed E-state index contributed by atoms with van der Waals surface area (Å²) < 4.78 is 0. The molecule has 0 spiro atoms. The second-order valence-electron chi connectivity index (χ2n) is 6.51. The van der Waals surface area contributed by atoms with Crippen LogP contribution < -0.4 is 4.90 Å². The SMILES string of the molecule is Cc1cc(C(=O)N2CC(N3CCN(c4ccccn4)CC3)C2)n[nH]1. The number of aryl methyl sites for hydroxylation is 1. The highest BCUT2D eigenvalue weighted by atomic mass is 16.2. The van der Waals surface area contributed by atoms with Gasteiger partial charge in [0.1, 0.15) is 11.5 Å². The van der Waals surface area contributed by atoms with Crippen LogP contribution in [0, 0.1) is 6.92 Å². The maximum Gasteiger partial charge on any atom is 0.274 e. The lowest BCUT2D eigenvalue weighted by Crippen LogP contribution is -2.64. The van der Waals surface area contributed by atoms with E-state index in [4.69, 9.17) is 0 Å². The van der Waals surface area contributed by atoms with Crippen LogP contribution in [-0.4, -0.2) is 76.2 Å². The number of aromatic amines is 1. The summed E-state index contributed by atoms with van der Waals surface area (Å²) >= 11 is 0. The Hall–Kier alpha value is -2.41. The second-order valence-corrected chi connectivity index (χ2v) is 6.51. The predicted molar refractivity (Wildman–Crippen MR) is 91.0 cm³/mol. The van der Waals surface area contributed by atoms with Crippen LogP contribution in [0.15, 0.2) is 30.5 Å². The van der Waals surface area contributed by atoms with Crippen molar-refractivity contribution in [3.8, 4) is 0 Å². The van der Waals surface area contributed by atoms with Gasteiger partial charge in [0.05, 0.1) is 0 Å². The monoisotopic (exact) mass is 326 g/mol. The van der Waals surface area contributed by atoms with Gasteiger partial charge in [0.25, 0.3) is 5.91 Å². The molecule has 2 aliphatic heterocycles. The topological polar surface area (TPSA) is 68.4 Å². The van der Waals surface area contributed by atoms with E-state index in [1.165, 1.54) is 0 Å². The minimum Gasteiger partial charge on any atom is -0.354 e. The molecule has 24 heavy (non-hydrogen) atoms. The number of likely N-dealkylation sites (tertiary alicyclic amines) is 1. The quantitative estimate of drug-likeness (QED) is 0.902. The van der Waals surface area contributed by atoms with Gasteiger partial charge in [0.2, 0.25) is 0 Å². The number of carbonyl (C=O) groups excluding carboxylic acids is 1. The molecule has 0 atom stereocenters. The summed E-state index contributed by atoms with van der Waals surface area (Å²) in [7, 11) is 0. The lowest BCUT2D eigenvalue weighted by molar-refractivity contribution is 0.0242. The van der Waals surface area contributed by atoms with E-state index in [-0.39, 0.29) is 5.91 Å². The number of carbonyl (C=O) groups is 1. The van der Waals surface area contributed by atoms with Crippen molar-refractivity contribution in [1.29, 1.82) is 0 Å². The van der Waals surface area contributed by atoms with E-state index < -0.39 is 0 Å². The number of anilines is 1. The number of hydrogen-bond donors (Lipinski definition) is 1. The van der Waals surface area contributed by atoms with Gasteiger partial charge in [-0.2, -0.15) is 5.10 Å². The van der Waals surface area contributed by atoms with Crippen molar-refractivity contribution in [2.75, 3.05) is 44.2 Å². The van der Waals surface area contributed by atoms with Crippen LogP contribution >= 0.6 is 0 Å². The minimum atomic E-state index is 0.0303. The Labute approximate surface area is 141 Å². The first-order chi connectivity index (χ1) is 11.7. The van der Waals surface area contributed by atoms with Crippen LogP contribution in [0.4, 0.5) is 5.82 Å². The normalized spacial score (nSPS) is 19.4. The second kappa shape index (κ2) is 6.24. The van der Waals surface area contributed by atoms with Crippen LogP contribution in [0.5, 0.6) is 0 Å². The zero-order valence-electron chi connectivity index (χ0n) is 13.9. The number of pyridine rings is 1. The number of aromatic nitrogens is 3. The molecule has 7 nitrogen and oxygen atoms in total. The van der Waals surface area contributed by atoms with Crippen LogP contribution in [0.3, 0.4) is 0 Å². The summed E-state index contributed by atoms with van der Waals surface area (Å²) in [4.78, 5) is 23.4. The lowest BCUT2D eigenvalue weighted by atomic mass is 10.1. The smallest absolute Gasteiger partial charge is 0.274 e. The summed E-state index contributed by atoms with van der Waals surface area (Å²) in [6, 6.07) is 8.31. The molecule has 1 amide bonds. The Bertz CT molecular complexity index is 701. The largest absolute Gasteiger partial charge is 0.354 e. The Balaban J connectivity index is 1.27. The molecule has 2 aromatic heterocycles. The molecule has 2 fully saturated rings. The van der Waals surface area contributed by atoms with Gasteiger partial charge in [0, 0.05) is 57.2 Å². The fourth-order valence-corrected chi connectivity index (χ4v) is 3.40. The molecule has 4 heterocycles. The summed E-state index contributed by atoms with van der Waals surface area (Å²) in [5, 5.41) is 6.88. The van der Waals surface area contributed by atoms with Gasteiger partial charge < -0.3 is 9.80 Å². The number of amides is 1. The Kier molecular flexibility index (Phi) is 3.93. The number of hydrogen-bond acceptors (Lipinski definition) is 5. The van der Waals surface area contributed by atoms with Crippen molar-refractivity contribution < 1.29 is 4.79 Å². The molecule has 2 aliphatic rings. The number of piperazine rings is 1. The molecular formula is C17H22N6O. The van der Waals surface area contributed by atoms with E-state index in [0.717, 1.165) is 50.8 Å². The molecule has 0 saturated carbocycles. The maximum absolute atomic E-state index is 12.3. The molecule has 4 rings (SSSR count). The van der Waals surface area contributed by atoms with Crippen LogP contribution in [0.1, 0.15) is 16.2 Å². The molecule has 0 aromatic carbocycles. The number of H-pyrrole nitrogens is 1. The zero-order valence-corrected chi connectivity index (χ0v) is 13.9. The van der Waals surface area contributed by atoms with E-state index in [1.807, 2.05) is 30.2 Å². The van der Waals surface area contributed by atoms with Crippen molar-refractivity contribution in [3.05, 3.63) is 41.9 Å². The first-order valence-corrected chi connectivity index (χ1v) is 8.42. The molecule has 2 saturated heterocycles. The lowest BCUT2D eigenvalue weighted by Gasteiger charge is -2.48. The van der Waals surface area contributed by atoms with Gasteiger partial charge in [-0.3, -0.25) is 14.8 Å². The molecule has 2 aromatic rings. The average Bonchev–Trinajstić information content (AvgIpc) is 3.01. The molecule has 0 bridgehead atoms. The summed E-state index contributed by atoms with van der Waals surface area (Å²) in [6.07, 6.45) is 1.84. The van der Waals surface area contributed by atoms with Gasteiger partial charge in [0.15, 0.2) is 0 Å². The summed E-state index contributed by atoms with van der Waals surface area (Å²) in [6.45, 7) is 7.52. The fraction of sp³-hybridized carbons (Fsp3) is 0.471. The standard InChI is InChI=1S/C17H22N6O/c1-13-10-15(20-19-13)17(24)23-11-14(12-23)21-6-8-22(9-7-21)16-4-2-3-5-18-16/h2-5,10,14H,6-9,11-12H2,1H3,(H,19,20). The van der Waals surface area contributed by atoms with Crippen LogP contribution in [0.25, 0.3) is 0 Å². The highest BCUT2D eigenvalue weighted by molar-refractivity contribution is 5.93. The molecular weight excluding hydrogens is 304 g/mol. The average molecular weight is 326 g/mol. The Morgan fingerprint density at radius 2 is 2.00 bits per heavy atom. The van der Waals surface area contributed by atoms with E-state index in [0.29, 0.717) is 11.7 Å². The van der Waals surface area contributed by atoms with Crippen LogP contribution in [0.2, 0.25) is 0 Å². The van der Waals surface area contributed by atoms with Crippen molar-refractivity contribution in [2.24, 2.45) is 0 Å². The van der Waals surface area contributed by atoms with Gasteiger partial charge in [-0.25, -0.2) is 4.98 Å². The number of nitrogens with one attached hydrogen (secondary N) is 1. The Morgan fingerprint density at radius 1 is 1.21 bits per heavy atom. The highest BCUT2D eigenvalue weighted by Crippen LogP contribution is 2.20. The summed E-state index contributed by atoms with van der Waals surface area (Å²) in [5.41, 5.74) is 1.44. The van der Waals surface area contributed by atoms with E-state index in [9.17, 15) is 4.79 Å². The molecule has 126 valence electrons. The van der Waals surface area contributed by atoms with E-state index in [1.54, 1.807) is 6.07 Å². The summed E-state index contributed by atoms with van der Waals surface area (Å²) in [5.74, 6) is 1.08. The maximum atomic E-state index is 12.3. The zero-order chi connectivity index (χ0) is 16.5. The third kappa shape index (κ3) is 2.87.